The highest BCUT2D eigenvalue weighted by molar-refractivity contribution is 5.89. The lowest BCUT2D eigenvalue weighted by Gasteiger charge is -2.05. The molecular formula is C12H13O4. The van der Waals surface area contributed by atoms with Crippen molar-refractivity contribution in [3.63, 3.8) is 0 Å². The van der Waals surface area contributed by atoms with Crippen molar-refractivity contribution in [1.29, 1.82) is 0 Å². The first-order valence-electron chi connectivity index (χ1n) is 4.82. The zero-order valence-corrected chi connectivity index (χ0v) is 9.06. The van der Waals surface area contributed by atoms with E-state index in [0.29, 0.717) is 5.56 Å². The van der Waals surface area contributed by atoms with Gasteiger partial charge in [-0.1, -0.05) is 12.1 Å². The number of hydrogen-bond acceptors (Lipinski definition) is 4. The number of carbonyl (C=O) groups excluding carboxylic acids is 2. The van der Waals surface area contributed by atoms with Crippen molar-refractivity contribution in [2.45, 2.75) is 6.92 Å². The Kier molecular flexibility index (Phi) is 4.51. The Bertz CT molecular complexity index is 384. The summed E-state index contributed by atoms with van der Waals surface area (Å²) in [5, 5.41) is 0. The Balaban J connectivity index is 2.38. The molecular weight excluding hydrogens is 208 g/mol. The van der Waals surface area contributed by atoms with Crippen LogP contribution < -0.4 is 0 Å². The number of esters is 2. The van der Waals surface area contributed by atoms with E-state index in [1.807, 2.05) is 0 Å². The molecule has 1 radical (unpaired) electrons. The summed E-state index contributed by atoms with van der Waals surface area (Å²) in [6.07, 6.45) is 0. The van der Waals surface area contributed by atoms with Gasteiger partial charge in [0.1, 0.15) is 13.2 Å². The van der Waals surface area contributed by atoms with Gasteiger partial charge in [0, 0.05) is 6.92 Å². The average molecular weight is 221 g/mol. The van der Waals surface area contributed by atoms with E-state index in [1.165, 1.54) is 6.92 Å². The zero-order valence-electron chi connectivity index (χ0n) is 9.06. The number of carbonyl (C=O) groups is 2. The number of benzene rings is 1. The molecule has 0 saturated carbocycles. The number of hydrogen-bond donors (Lipinski definition) is 0. The minimum absolute atomic E-state index is 0.0553. The molecule has 4 heteroatoms. The second kappa shape index (κ2) is 5.90. The van der Waals surface area contributed by atoms with Gasteiger partial charge >= 0.3 is 11.9 Å². The van der Waals surface area contributed by atoms with E-state index in [-0.39, 0.29) is 13.2 Å². The molecule has 0 fully saturated rings. The third-order valence-corrected chi connectivity index (χ3v) is 1.78. The maximum atomic E-state index is 11.5. The normalized spacial score (nSPS) is 9.62. The molecule has 0 saturated heterocycles. The van der Waals surface area contributed by atoms with Gasteiger partial charge in [0.2, 0.25) is 0 Å². The lowest BCUT2D eigenvalue weighted by Crippen LogP contribution is -2.12. The summed E-state index contributed by atoms with van der Waals surface area (Å²) in [6.45, 7) is 5.14. The van der Waals surface area contributed by atoms with Crippen LogP contribution in [0.5, 0.6) is 0 Å². The predicted molar refractivity (Wildman–Crippen MR) is 57.8 cm³/mol. The highest BCUT2D eigenvalue weighted by Crippen LogP contribution is 2.05. The summed E-state index contributed by atoms with van der Waals surface area (Å²) in [6, 6.07) is 6.79. The van der Waals surface area contributed by atoms with Crippen LogP contribution >= 0.6 is 0 Å². The molecule has 1 rings (SSSR count). The van der Waals surface area contributed by atoms with Crippen LogP contribution in [0.3, 0.4) is 0 Å². The fourth-order valence-corrected chi connectivity index (χ4v) is 1.10. The molecule has 4 nitrogen and oxygen atoms in total. The molecule has 0 amide bonds. The molecule has 0 aromatic heterocycles. The maximum absolute atomic E-state index is 11.5. The molecule has 85 valence electrons. The van der Waals surface area contributed by atoms with Gasteiger partial charge in [-0.25, -0.2) is 4.79 Å². The quantitative estimate of drug-likeness (QED) is 0.572. The van der Waals surface area contributed by atoms with Crippen LogP contribution in [0.15, 0.2) is 24.3 Å². The van der Waals surface area contributed by atoms with E-state index < -0.39 is 11.9 Å². The lowest BCUT2D eigenvalue weighted by molar-refractivity contribution is -0.142. The molecule has 0 N–H and O–H groups in total. The third kappa shape index (κ3) is 4.13. The summed E-state index contributed by atoms with van der Waals surface area (Å²) in [4.78, 5) is 21.9. The summed E-state index contributed by atoms with van der Waals surface area (Å²) in [5.74, 6) is -0.839. The van der Waals surface area contributed by atoms with Gasteiger partial charge in [-0.05, 0) is 24.6 Å². The first-order valence-corrected chi connectivity index (χ1v) is 4.82. The molecule has 0 spiro atoms. The van der Waals surface area contributed by atoms with Gasteiger partial charge in [-0.15, -0.1) is 0 Å². The zero-order chi connectivity index (χ0) is 12.0. The van der Waals surface area contributed by atoms with Crippen LogP contribution in [0.25, 0.3) is 0 Å². The molecule has 1 aromatic carbocycles. The average Bonchev–Trinajstić information content (AvgIpc) is 2.24. The highest BCUT2D eigenvalue weighted by atomic mass is 16.6. The van der Waals surface area contributed by atoms with E-state index in [1.54, 1.807) is 24.3 Å². The summed E-state index contributed by atoms with van der Waals surface area (Å²) in [7, 11) is 0. The lowest BCUT2D eigenvalue weighted by atomic mass is 10.1. The molecule has 0 aliphatic rings. The molecule has 16 heavy (non-hydrogen) atoms. The van der Waals surface area contributed by atoms with Crippen molar-refractivity contribution in [2.24, 2.45) is 0 Å². The number of ether oxygens (including phenoxy) is 2. The highest BCUT2D eigenvalue weighted by Gasteiger charge is 2.06. The summed E-state index contributed by atoms with van der Waals surface area (Å²) in [5.41, 5.74) is 1.18. The molecule has 0 unspecified atom stereocenters. The molecule has 0 aliphatic carbocycles. The van der Waals surface area contributed by atoms with Gasteiger partial charge in [0.15, 0.2) is 0 Å². The van der Waals surface area contributed by atoms with E-state index in [2.05, 4.69) is 11.7 Å². The van der Waals surface area contributed by atoms with Gasteiger partial charge in [-0.2, -0.15) is 0 Å². The van der Waals surface area contributed by atoms with Crippen molar-refractivity contribution in [1.82, 2.24) is 0 Å². The standard InChI is InChI=1S/C12H13O4/c1-9-4-3-5-11(8-9)12(14)16-7-6-15-10(2)13/h3-5,8H,1,6-7H2,2H3. The Hall–Kier alpha value is -1.84. The molecule has 0 atom stereocenters. The van der Waals surface area contributed by atoms with E-state index >= 15 is 0 Å². The van der Waals surface area contributed by atoms with Gasteiger partial charge in [-0.3, -0.25) is 4.79 Å². The van der Waals surface area contributed by atoms with Crippen molar-refractivity contribution < 1.29 is 19.1 Å². The van der Waals surface area contributed by atoms with E-state index in [0.717, 1.165) is 5.56 Å². The number of rotatable bonds is 4. The van der Waals surface area contributed by atoms with Crippen molar-refractivity contribution >= 4 is 11.9 Å². The van der Waals surface area contributed by atoms with E-state index in [9.17, 15) is 9.59 Å². The Morgan fingerprint density at radius 2 is 1.94 bits per heavy atom. The largest absolute Gasteiger partial charge is 0.462 e. The smallest absolute Gasteiger partial charge is 0.338 e. The first-order chi connectivity index (χ1) is 7.59. The van der Waals surface area contributed by atoms with Gasteiger partial charge in [0.05, 0.1) is 5.56 Å². The monoisotopic (exact) mass is 221 g/mol. The van der Waals surface area contributed by atoms with Crippen LogP contribution in [0.2, 0.25) is 0 Å². The maximum Gasteiger partial charge on any atom is 0.338 e. The van der Waals surface area contributed by atoms with Crippen LogP contribution in [0.4, 0.5) is 0 Å². The third-order valence-electron chi connectivity index (χ3n) is 1.78. The summed E-state index contributed by atoms with van der Waals surface area (Å²) < 4.78 is 9.51. The Morgan fingerprint density at radius 1 is 1.25 bits per heavy atom. The van der Waals surface area contributed by atoms with Crippen LogP contribution in [-0.4, -0.2) is 25.2 Å². The van der Waals surface area contributed by atoms with Crippen molar-refractivity contribution in [3.05, 3.63) is 42.3 Å². The molecule has 1 aromatic rings. The van der Waals surface area contributed by atoms with Crippen molar-refractivity contribution in [2.75, 3.05) is 13.2 Å². The topological polar surface area (TPSA) is 52.6 Å². The Labute approximate surface area is 94.2 Å². The molecule has 0 bridgehead atoms. The van der Waals surface area contributed by atoms with E-state index in [4.69, 9.17) is 4.74 Å². The predicted octanol–water partition coefficient (Wildman–Crippen LogP) is 1.59. The SMILES string of the molecule is [CH2]c1cccc(C(=O)OCCOC(C)=O)c1. The fourth-order valence-electron chi connectivity index (χ4n) is 1.10. The second-order valence-corrected chi connectivity index (χ2v) is 3.18. The minimum Gasteiger partial charge on any atom is -0.462 e. The Morgan fingerprint density at radius 3 is 2.56 bits per heavy atom. The minimum atomic E-state index is -0.447. The first kappa shape index (κ1) is 12.2. The van der Waals surface area contributed by atoms with Gasteiger partial charge < -0.3 is 9.47 Å². The van der Waals surface area contributed by atoms with Crippen LogP contribution in [0.1, 0.15) is 22.8 Å². The van der Waals surface area contributed by atoms with Crippen LogP contribution in [-0.2, 0) is 14.3 Å². The molecule has 0 aliphatic heterocycles. The molecule has 0 heterocycles. The fraction of sp³-hybridized carbons (Fsp3) is 0.250. The van der Waals surface area contributed by atoms with Crippen molar-refractivity contribution in [3.8, 4) is 0 Å². The van der Waals surface area contributed by atoms with Gasteiger partial charge in [0.25, 0.3) is 0 Å². The summed E-state index contributed by atoms with van der Waals surface area (Å²) >= 11 is 0. The second-order valence-electron chi connectivity index (χ2n) is 3.18. The van der Waals surface area contributed by atoms with Crippen LogP contribution in [0, 0.1) is 6.92 Å².